The molecule has 1 aromatic carbocycles. The first-order valence-electron chi connectivity index (χ1n) is 10.3. The van der Waals surface area contributed by atoms with Crippen molar-refractivity contribution in [3.63, 3.8) is 0 Å². The summed E-state index contributed by atoms with van der Waals surface area (Å²) in [5.41, 5.74) is 1.62. The van der Waals surface area contributed by atoms with Gasteiger partial charge in [-0.1, -0.05) is 30.3 Å². The van der Waals surface area contributed by atoms with Crippen molar-refractivity contribution in [3.05, 3.63) is 59.9 Å². The largest absolute Gasteiger partial charge is 0.494 e. The van der Waals surface area contributed by atoms with Crippen LogP contribution in [0, 0.1) is 11.8 Å². The number of amides is 2. The Hall–Kier alpha value is -2.93. The van der Waals surface area contributed by atoms with Crippen LogP contribution in [0.15, 0.2) is 48.8 Å². The number of aromatic nitrogens is 1. The van der Waals surface area contributed by atoms with Crippen LogP contribution in [-0.4, -0.2) is 66.6 Å². The monoisotopic (exact) mass is 409 g/mol. The van der Waals surface area contributed by atoms with Crippen molar-refractivity contribution in [2.75, 3.05) is 40.0 Å². The molecule has 2 saturated heterocycles. The van der Waals surface area contributed by atoms with Crippen molar-refractivity contribution < 1.29 is 19.1 Å². The number of hydrogen-bond donors (Lipinski definition) is 0. The van der Waals surface area contributed by atoms with E-state index in [2.05, 4.69) is 17.1 Å². The molecule has 3 atom stereocenters. The van der Waals surface area contributed by atoms with Gasteiger partial charge in [0.2, 0.25) is 5.91 Å². The first-order valence-corrected chi connectivity index (χ1v) is 10.3. The average Bonchev–Trinajstić information content (AvgIpc) is 3.35. The lowest BCUT2D eigenvalue weighted by atomic mass is 9.89. The number of rotatable bonds is 6. The average molecular weight is 409 g/mol. The number of pyridine rings is 1. The number of carbonyl (C=O) groups is 2. The van der Waals surface area contributed by atoms with Gasteiger partial charge >= 0.3 is 0 Å². The van der Waals surface area contributed by atoms with E-state index in [1.807, 2.05) is 34.9 Å². The molecule has 30 heavy (non-hydrogen) atoms. The normalized spacial score (nSPS) is 22.8. The van der Waals surface area contributed by atoms with Crippen LogP contribution in [0.25, 0.3) is 0 Å². The third kappa shape index (κ3) is 3.77. The van der Waals surface area contributed by atoms with Crippen molar-refractivity contribution in [3.8, 4) is 5.75 Å². The van der Waals surface area contributed by atoms with E-state index in [9.17, 15) is 9.59 Å². The lowest BCUT2D eigenvalue weighted by Gasteiger charge is -2.30. The van der Waals surface area contributed by atoms with E-state index in [0.29, 0.717) is 37.6 Å². The fourth-order valence-electron chi connectivity index (χ4n) is 4.71. The van der Waals surface area contributed by atoms with Crippen LogP contribution < -0.4 is 4.74 Å². The van der Waals surface area contributed by atoms with Gasteiger partial charge in [-0.3, -0.25) is 14.6 Å². The summed E-state index contributed by atoms with van der Waals surface area (Å²) >= 11 is 0. The van der Waals surface area contributed by atoms with Gasteiger partial charge in [-0.2, -0.15) is 0 Å². The molecular weight excluding hydrogens is 382 g/mol. The minimum Gasteiger partial charge on any atom is -0.494 e. The summed E-state index contributed by atoms with van der Waals surface area (Å²) in [4.78, 5) is 33.9. The van der Waals surface area contributed by atoms with Gasteiger partial charge in [-0.15, -0.1) is 0 Å². The summed E-state index contributed by atoms with van der Waals surface area (Å²) < 4.78 is 10.7. The van der Waals surface area contributed by atoms with Crippen LogP contribution in [0.1, 0.15) is 28.9 Å². The minimum absolute atomic E-state index is 0.00813. The number of likely N-dealkylation sites (tertiary alicyclic amines) is 2. The zero-order valence-electron chi connectivity index (χ0n) is 17.4. The summed E-state index contributed by atoms with van der Waals surface area (Å²) in [5.74, 6) is 0.858. The number of methoxy groups -OCH3 is 1. The number of fused-ring (bicyclic) bond motifs is 1. The zero-order chi connectivity index (χ0) is 21.1. The third-order valence-electron chi connectivity index (χ3n) is 6.08. The van der Waals surface area contributed by atoms with Crippen molar-refractivity contribution in [2.24, 2.45) is 11.8 Å². The smallest absolute Gasteiger partial charge is 0.257 e. The summed E-state index contributed by atoms with van der Waals surface area (Å²) in [6, 6.07) is 11.7. The van der Waals surface area contributed by atoms with E-state index in [1.54, 1.807) is 25.6 Å². The minimum atomic E-state index is -0.0544. The number of carbonyl (C=O) groups excluding carboxylic acids is 2. The molecule has 158 valence electrons. The van der Waals surface area contributed by atoms with Crippen LogP contribution in [0.2, 0.25) is 0 Å². The molecule has 0 unspecified atom stereocenters. The molecule has 1 aromatic heterocycles. The maximum Gasteiger partial charge on any atom is 0.257 e. The Morgan fingerprint density at radius 2 is 1.93 bits per heavy atom. The molecule has 4 rings (SSSR count). The quantitative estimate of drug-likeness (QED) is 0.733. The fourth-order valence-corrected chi connectivity index (χ4v) is 4.71. The predicted octanol–water partition coefficient (Wildman–Crippen LogP) is 2.40. The molecule has 7 heteroatoms. The topological polar surface area (TPSA) is 72.0 Å². The van der Waals surface area contributed by atoms with Crippen LogP contribution in [-0.2, 0) is 9.53 Å². The molecule has 2 aliphatic heterocycles. The van der Waals surface area contributed by atoms with Gasteiger partial charge in [-0.05, 0) is 18.6 Å². The van der Waals surface area contributed by atoms with Gasteiger partial charge in [-0.25, -0.2) is 0 Å². The maximum absolute atomic E-state index is 13.2. The molecule has 0 bridgehead atoms. The Morgan fingerprint density at radius 1 is 1.13 bits per heavy atom. The Balaban J connectivity index is 1.57. The molecule has 2 aliphatic rings. The Kier molecular flexibility index (Phi) is 5.99. The maximum atomic E-state index is 13.2. The van der Waals surface area contributed by atoms with Crippen molar-refractivity contribution in [2.45, 2.75) is 13.0 Å². The molecular formula is C23H27N3O4. The number of nitrogens with zero attached hydrogens (tertiary/aromatic N) is 3. The van der Waals surface area contributed by atoms with Gasteiger partial charge in [0, 0.05) is 44.3 Å². The highest BCUT2D eigenvalue weighted by Crippen LogP contribution is 2.45. The number of ether oxygens (including phenoxy) is 2. The van der Waals surface area contributed by atoms with Crippen molar-refractivity contribution >= 4 is 11.8 Å². The SMILES string of the molecule is CCOCC(=O)N1C[C@@H]2CN(C(=O)c3ccncc3OC)C[C@@H]2[C@@H]1c1ccccc1. The van der Waals surface area contributed by atoms with E-state index in [1.165, 1.54) is 0 Å². The van der Waals surface area contributed by atoms with Crippen LogP contribution in [0.5, 0.6) is 5.75 Å². The van der Waals surface area contributed by atoms with E-state index in [4.69, 9.17) is 9.47 Å². The highest BCUT2D eigenvalue weighted by Gasteiger charge is 2.50. The summed E-state index contributed by atoms with van der Waals surface area (Å²) in [6.45, 7) is 4.35. The molecule has 0 spiro atoms. The second-order valence-electron chi connectivity index (χ2n) is 7.75. The summed E-state index contributed by atoms with van der Waals surface area (Å²) in [6.07, 6.45) is 3.17. The molecule has 3 heterocycles. The molecule has 0 saturated carbocycles. The van der Waals surface area contributed by atoms with Gasteiger partial charge in [0.15, 0.2) is 0 Å². The summed E-state index contributed by atoms with van der Waals surface area (Å²) in [5, 5.41) is 0. The molecule has 7 nitrogen and oxygen atoms in total. The molecule has 0 aliphatic carbocycles. The van der Waals surface area contributed by atoms with Crippen molar-refractivity contribution in [1.29, 1.82) is 0 Å². The molecule has 2 amide bonds. The van der Waals surface area contributed by atoms with Crippen LogP contribution in [0.4, 0.5) is 0 Å². The van der Waals surface area contributed by atoms with E-state index in [-0.39, 0.29) is 36.3 Å². The number of hydrogen-bond acceptors (Lipinski definition) is 5. The lowest BCUT2D eigenvalue weighted by Crippen LogP contribution is -2.39. The fraction of sp³-hybridized carbons (Fsp3) is 0.435. The zero-order valence-corrected chi connectivity index (χ0v) is 17.4. The predicted molar refractivity (Wildman–Crippen MR) is 111 cm³/mol. The highest BCUT2D eigenvalue weighted by atomic mass is 16.5. The third-order valence-corrected chi connectivity index (χ3v) is 6.08. The standard InChI is InChI=1S/C23H27N3O4/c1-3-30-15-21(27)26-13-17-12-25(23(28)18-9-10-24-11-20(18)29-2)14-19(17)22(26)16-7-5-4-6-8-16/h4-11,17,19,22H,3,12-15H2,1-2H3/t17-,19-,22-/m0/s1. The Bertz CT molecular complexity index is 904. The van der Waals surface area contributed by atoms with Gasteiger partial charge in [0.1, 0.15) is 12.4 Å². The van der Waals surface area contributed by atoms with Crippen molar-refractivity contribution in [1.82, 2.24) is 14.8 Å². The van der Waals surface area contributed by atoms with Crippen LogP contribution >= 0.6 is 0 Å². The van der Waals surface area contributed by atoms with E-state index in [0.717, 1.165) is 5.56 Å². The van der Waals surface area contributed by atoms with E-state index < -0.39 is 0 Å². The van der Waals surface area contributed by atoms with E-state index >= 15 is 0 Å². The first-order chi connectivity index (χ1) is 14.6. The van der Waals surface area contributed by atoms with Crippen LogP contribution in [0.3, 0.4) is 0 Å². The lowest BCUT2D eigenvalue weighted by molar-refractivity contribution is -0.137. The van der Waals surface area contributed by atoms with Gasteiger partial charge in [0.05, 0.1) is 24.9 Å². The molecule has 0 N–H and O–H groups in total. The second-order valence-corrected chi connectivity index (χ2v) is 7.75. The molecule has 2 fully saturated rings. The first kappa shape index (κ1) is 20.3. The molecule has 2 aromatic rings. The Morgan fingerprint density at radius 3 is 2.67 bits per heavy atom. The Labute approximate surface area is 176 Å². The highest BCUT2D eigenvalue weighted by molar-refractivity contribution is 5.97. The number of benzene rings is 1. The summed E-state index contributed by atoms with van der Waals surface area (Å²) in [7, 11) is 1.54. The van der Waals surface area contributed by atoms with Gasteiger partial charge < -0.3 is 19.3 Å². The van der Waals surface area contributed by atoms with Gasteiger partial charge in [0.25, 0.3) is 5.91 Å². The second kappa shape index (κ2) is 8.83. The molecule has 0 radical (unpaired) electrons.